The van der Waals surface area contributed by atoms with Crippen molar-refractivity contribution in [2.75, 3.05) is 14.1 Å². The summed E-state index contributed by atoms with van der Waals surface area (Å²) in [6.45, 7) is 4.58. The molecule has 0 aliphatic heterocycles. The maximum Gasteiger partial charge on any atom is 0.324 e. The lowest BCUT2D eigenvalue weighted by molar-refractivity contribution is -0.151. The number of hydrogen-bond acceptors (Lipinski definition) is 2. The molecule has 1 N–H and O–H groups in total. The summed E-state index contributed by atoms with van der Waals surface area (Å²) in [5, 5.41) is 10.2. The van der Waals surface area contributed by atoms with Gasteiger partial charge in [0.25, 0.3) is 0 Å². The van der Waals surface area contributed by atoms with Crippen molar-refractivity contribution in [2.45, 2.75) is 238 Å². The van der Waals surface area contributed by atoms with Crippen molar-refractivity contribution >= 4 is 5.97 Å². The van der Waals surface area contributed by atoms with Gasteiger partial charge in [0, 0.05) is 0 Å². The number of carboxylic acids is 1. The molecule has 43 heavy (non-hydrogen) atoms. The van der Waals surface area contributed by atoms with Gasteiger partial charge in [0.1, 0.15) is 5.54 Å². The third-order valence-corrected chi connectivity index (χ3v) is 10.1. The van der Waals surface area contributed by atoms with Crippen LogP contribution in [-0.4, -0.2) is 35.6 Å². The topological polar surface area (TPSA) is 40.5 Å². The quantitative estimate of drug-likeness (QED) is 0.0720. The van der Waals surface area contributed by atoms with Crippen LogP contribution in [0, 0.1) is 0 Å². The molecule has 0 rings (SSSR count). The molecule has 0 aliphatic rings. The first kappa shape index (κ1) is 42.4. The Balaban J connectivity index is 3.76. The van der Waals surface area contributed by atoms with Crippen molar-refractivity contribution in [1.82, 2.24) is 4.90 Å². The van der Waals surface area contributed by atoms with E-state index in [0.717, 1.165) is 25.7 Å². The summed E-state index contributed by atoms with van der Waals surface area (Å²) in [6.07, 6.45) is 45.1. The predicted molar refractivity (Wildman–Crippen MR) is 192 cm³/mol. The summed E-state index contributed by atoms with van der Waals surface area (Å²) >= 11 is 0. The van der Waals surface area contributed by atoms with E-state index in [4.69, 9.17) is 0 Å². The van der Waals surface area contributed by atoms with Gasteiger partial charge in [0.2, 0.25) is 0 Å². The zero-order chi connectivity index (χ0) is 31.7. The van der Waals surface area contributed by atoms with E-state index in [1.807, 2.05) is 19.0 Å². The molecule has 0 spiro atoms. The van der Waals surface area contributed by atoms with Gasteiger partial charge >= 0.3 is 5.97 Å². The van der Waals surface area contributed by atoms with Gasteiger partial charge in [-0.25, -0.2) is 0 Å². The minimum absolute atomic E-state index is 0.612. The van der Waals surface area contributed by atoms with E-state index in [9.17, 15) is 9.90 Å². The Labute approximate surface area is 272 Å². The highest BCUT2D eigenvalue weighted by Gasteiger charge is 2.39. The lowest BCUT2D eigenvalue weighted by Crippen LogP contribution is -2.51. The molecule has 0 fully saturated rings. The van der Waals surface area contributed by atoms with Crippen LogP contribution in [0.15, 0.2) is 0 Å². The standard InChI is InChI=1S/C40H81NO2/c1-5-7-9-11-13-15-17-19-21-23-25-27-29-31-33-35-37-40(39(42)43,41(3)4)38-36-34-32-30-28-26-24-22-20-18-16-14-12-10-8-6-2/h5-38H2,1-4H3,(H,42,43). The summed E-state index contributed by atoms with van der Waals surface area (Å²) in [5.74, 6) is -0.612. The van der Waals surface area contributed by atoms with E-state index < -0.39 is 11.5 Å². The molecule has 0 aliphatic carbocycles. The van der Waals surface area contributed by atoms with Crippen LogP contribution in [0.25, 0.3) is 0 Å². The van der Waals surface area contributed by atoms with Gasteiger partial charge < -0.3 is 5.11 Å². The van der Waals surface area contributed by atoms with Crippen molar-refractivity contribution in [1.29, 1.82) is 0 Å². The van der Waals surface area contributed by atoms with Crippen LogP contribution in [0.5, 0.6) is 0 Å². The number of carbonyl (C=O) groups is 1. The first-order chi connectivity index (χ1) is 21.0. The molecule has 0 aromatic rings. The Morgan fingerprint density at radius 3 is 0.744 bits per heavy atom. The molecule has 0 saturated carbocycles. The van der Waals surface area contributed by atoms with Crippen LogP contribution in [0.4, 0.5) is 0 Å². The lowest BCUT2D eigenvalue weighted by atomic mass is 9.85. The monoisotopic (exact) mass is 608 g/mol. The second kappa shape index (κ2) is 32.8. The first-order valence-electron chi connectivity index (χ1n) is 19.9. The lowest BCUT2D eigenvalue weighted by Gasteiger charge is -2.36. The Morgan fingerprint density at radius 2 is 0.581 bits per heavy atom. The van der Waals surface area contributed by atoms with E-state index in [1.165, 1.54) is 193 Å². The zero-order valence-corrected chi connectivity index (χ0v) is 30.3. The number of hydrogen-bond donors (Lipinski definition) is 1. The van der Waals surface area contributed by atoms with E-state index in [-0.39, 0.29) is 0 Å². The Hall–Kier alpha value is -0.570. The average Bonchev–Trinajstić information content (AvgIpc) is 2.99. The van der Waals surface area contributed by atoms with E-state index in [0.29, 0.717) is 0 Å². The molecule has 0 heterocycles. The van der Waals surface area contributed by atoms with Gasteiger partial charge in [-0.3, -0.25) is 9.69 Å². The smallest absolute Gasteiger partial charge is 0.324 e. The van der Waals surface area contributed by atoms with Crippen LogP contribution in [0.3, 0.4) is 0 Å². The highest BCUT2D eigenvalue weighted by Crippen LogP contribution is 2.29. The number of aliphatic carboxylic acids is 1. The van der Waals surface area contributed by atoms with E-state index >= 15 is 0 Å². The van der Waals surface area contributed by atoms with Crippen LogP contribution < -0.4 is 0 Å². The number of likely N-dealkylation sites (N-methyl/N-ethyl adjacent to an activating group) is 1. The van der Waals surface area contributed by atoms with Crippen LogP contribution >= 0.6 is 0 Å². The van der Waals surface area contributed by atoms with Gasteiger partial charge in [0.05, 0.1) is 0 Å². The van der Waals surface area contributed by atoms with E-state index in [2.05, 4.69) is 13.8 Å². The maximum atomic E-state index is 12.4. The summed E-state index contributed by atoms with van der Waals surface area (Å²) < 4.78 is 0. The molecular formula is C40H81NO2. The maximum absolute atomic E-state index is 12.4. The molecule has 0 amide bonds. The molecule has 0 saturated heterocycles. The Morgan fingerprint density at radius 1 is 0.395 bits per heavy atom. The Bertz CT molecular complexity index is 525. The normalized spacial score (nSPS) is 12.0. The minimum Gasteiger partial charge on any atom is -0.480 e. The highest BCUT2D eigenvalue weighted by molar-refractivity contribution is 5.78. The van der Waals surface area contributed by atoms with Gasteiger partial charge in [-0.05, 0) is 26.9 Å². The molecule has 0 aromatic carbocycles. The summed E-state index contributed by atoms with van der Waals surface area (Å²) in [5.41, 5.74) is -0.675. The molecule has 0 unspecified atom stereocenters. The highest BCUT2D eigenvalue weighted by atomic mass is 16.4. The fraction of sp³-hybridized carbons (Fsp3) is 0.975. The molecule has 258 valence electrons. The largest absolute Gasteiger partial charge is 0.480 e. The third kappa shape index (κ3) is 26.4. The fourth-order valence-corrected chi connectivity index (χ4v) is 6.91. The van der Waals surface area contributed by atoms with Crippen molar-refractivity contribution in [2.24, 2.45) is 0 Å². The molecule has 0 radical (unpaired) electrons. The van der Waals surface area contributed by atoms with Crippen LogP contribution in [-0.2, 0) is 4.79 Å². The van der Waals surface area contributed by atoms with Crippen molar-refractivity contribution < 1.29 is 9.90 Å². The van der Waals surface area contributed by atoms with Crippen molar-refractivity contribution in [3.05, 3.63) is 0 Å². The predicted octanol–water partition coefficient (Wildman–Crippen LogP) is 13.7. The zero-order valence-electron chi connectivity index (χ0n) is 30.3. The molecule has 3 nitrogen and oxygen atoms in total. The van der Waals surface area contributed by atoms with Gasteiger partial charge in [-0.1, -0.05) is 219 Å². The van der Waals surface area contributed by atoms with Crippen LogP contribution in [0.2, 0.25) is 0 Å². The summed E-state index contributed by atoms with van der Waals surface area (Å²) in [6, 6.07) is 0. The fourth-order valence-electron chi connectivity index (χ4n) is 6.91. The van der Waals surface area contributed by atoms with Gasteiger partial charge in [-0.15, -0.1) is 0 Å². The molecule has 0 bridgehead atoms. The minimum atomic E-state index is -0.675. The van der Waals surface area contributed by atoms with Crippen LogP contribution in [0.1, 0.15) is 232 Å². The second-order valence-corrected chi connectivity index (χ2v) is 14.3. The van der Waals surface area contributed by atoms with E-state index in [1.54, 1.807) is 0 Å². The van der Waals surface area contributed by atoms with Crippen molar-refractivity contribution in [3.63, 3.8) is 0 Å². The average molecular weight is 608 g/mol. The SMILES string of the molecule is CCCCCCCCCCCCCCCCCCC(CCCCCCCCCCCCCCCCCC)(C(=O)O)N(C)C. The first-order valence-corrected chi connectivity index (χ1v) is 19.9. The molecular weight excluding hydrogens is 526 g/mol. The number of unbranched alkanes of at least 4 members (excludes halogenated alkanes) is 30. The summed E-state index contributed by atoms with van der Waals surface area (Å²) in [7, 11) is 3.96. The third-order valence-electron chi connectivity index (χ3n) is 10.1. The number of nitrogens with zero attached hydrogens (tertiary/aromatic N) is 1. The van der Waals surface area contributed by atoms with Gasteiger partial charge in [-0.2, -0.15) is 0 Å². The van der Waals surface area contributed by atoms with Crippen molar-refractivity contribution in [3.8, 4) is 0 Å². The Kier molecular flexibility index (Phi) is 32.4. The van der Waals surface area contributed by atoms with Gasteiger partial charge in [0.15, 0.2) is 0 Å². The molecule has 3 heteroatoms. The second-order valence-electron chi connectivity index (χ2n) is 14.3. The number of rotatable bonds is 36. The summed E-state index contributed by atoms with van der Waals surface area (Å²) in [4.78, 5) is 14.4. The molecule has 0 atom stereocenters. The number of carboxylic acid groups (broad SMARTS) is 1. The molecule has 0 aromatic heterocycles.